The molecule has 25 heavy (non-hydrogen) atoms. The fraction of sp³-hybridized carbons (Fsp3) is 0.125. The first kappa shape index (κ1) is 15.3. The summed E-state index contributed by atoms with van der Waals surface area (Å²) in [5, 5.41) is 8.87. The van der Waals surface area contributed by atoms with E-state index < -0.39 is 5.91 Å². The number of anilines is 1. The summed E-state index contributed by atoms with van der Waals surface area (Å²) in [4.78, 5) is 28.0. The Hall–Kier alpha value is -3.20. The van der Waals surface area contributed by atoms with Gasteiger partial charge in [0.05, 0.1) is 5.69 Å². The summed E-state index contributed by atoms with van der Waals surface area (Å²) in [6.07, 6.45) is 0. The Balaban J connectivity index is 1.54. The highest BCUT2D eigenvalue weighted by Crippen LogP contribution is 2.36. The molecular weight excluding hydrogens is 344 g/mol. The van der Waals surface area contributed by atoms with Gasteiger partial charge in [-0.15, -0.1) is 11.3 Å². The first-order chi connectivity index (χ1) is 12.1. The predicted molar refractivity (Wildman–Crippen MR) is 91.1 cm³/mol. The molecule has 4 rings (SSSR count). The molecule has 2 aromatic heterocycles. The Morgan fingerprint density at radius 2 is 2.08 bits per heavy atom. The molecule has 0 unspecified atom stereocenters. The van der Waals surface area contributed by atoms with Crippen molar-refractivity contribution in [3.05, 3.63) is 51.8 Å². The molecule has 0 fully saturated rings. The Labute approximate surface area is 145 Å². The van der Waals surface area contributed by atoms with Gasteiger partial charge >= 0.3 is 0 Å². The zero-order valence-corrected chi connectivity index (χ0v) is 13.9. The van der Waals surface area contributed by atoms with Crippen LogP contribution in [0.4, 0.5) is 5.13 Å². The lowest BCUT2D eigenvalue weighted by Gasteiger charge is -2.02. The summed E-state index contributed by atoms with van der Waals surface area (Å²) in [7, 11) is 1.49. The van der Waals surface area contributed by atoms with Gasteiger partial charge in [-0.25, -0.2) is 9.67 Å². The molecule has 9 heteroatoms. The van der Waals surface area contributed by atoms with E-state index in [9.17, 15) is 9.59 Å². The van der Waals surface area contributed by atoms with E-state index in [1.54, 1.807) is 0 Å². The number of hydrogen-bond acceptors (Lipinski definition) is 7. The quantitative estimate of drug-likeness (QED) is 0.770. The zero-order valence-electron chi connectivity index (χ0n) is 13.1. The summed E-state index contributed by atoms with van der Waals surface area (Å²) in [5.41, 5.74) is 1.44. The van der Waals surface area contributed by atoms with Crippen LogP contribution in [0.5, 0.6) is 11.5 Å². The number of amides is 1. The number of rotatable bonds is 3. The number of carbonyl (C=O) groups is 1. The second kappa shape index (κ2) is 6.02. The third-order valence-electron chi connectivity index (χ3n) is 3.59. The van der Waals surface area contributed by atoms with E-state index in [0.717, 1.165) is 10.2 Å². The van der Waals surface area contributed by atoms with Gasteiger partial charge in [-0.05, 0) is 24.3 Å². The normalized spacial score (nSPS) is 12.2. The van der Waals surface area contributed by atoms with Crippen LogP contribution in [0, 0.1) is 0 Å². The van der Waals surface area contributed by atoms with Crippen molar-refractivity contribution in [3.8, 4) is 22.8 Å². The average Bonchev–Trinajstić information content (AvgIpc) is 3.25. The van der Waals surface area contributed by atoms with Crippen LogP contribution in [0.3, 0.4) is 0 Å². The van der Waals surface area contributed by atoms with Gasteiger partial charge in [0.1, 0.15) is 5.69 Å². The number of aryl methyl sites for hydroxylation is 1. The second-order valence-electron chi connectivity index (χ2n) is 5.24. The number of hydrogen-bond donors (Lipinski definition) is 1. The van der Waals surface area contributed by atoms with Gasteiger partial charge < -0.3 is 9.47 Å². The van der Waals surface area contributed by atoms with Crippen molar-refractivity contribution < 1.29 is 14.3 Å². The molecule has 1 aliphatic rings. The molecule has 3 heterocycles. The second-order valence-corrected chi connectivity index (χ2v) is 6.10. The van der Waals surface area contributed by atoms with E-state index in [-0.39, 0.29) is 18.0 Å². The first-order valence-corrected chi connectivity index (χ1v) is 8.19. The van der Waals surface area contributed by atoms with Crippen molar-refractivity contribution in [1.29, 1.82) is 0 Å². The third-order valence-corrected chi connectivity index (χ3v) is 4.34. The van der Waals surface area contributed by atoms with E-state index in [1.165, 1.54) is 30.5 Å². The average molecular weight is 356 g/mol. The number of carbonyl (C=O) groups excluding carboxylic acids is 1. The molecule has 126 valence electrons. The van der Waals surface area contributed by atoms with Gasteiger partial charge in [0.25, 0.3) is 11.5 Å². The molecule has 0 saturated heterocycles. The smallest absolute Gasteiger partial charge is 0.277 e. The fourth-order valence-electron chi connectivity index (χ4n) is 2.30. The van der Waals surface area contributed by atoms with Gasteiger partial charge in [0, 0.05) is 24.1 Å². The molecule has 3 aromatic rings. The molecule has 1 aromatic carbocycles. The maximum Gasteiger partial charge on any atom is 0.277 e. The van der Waals surface area contributed by atoms with Crippen LogP contribution in [0.2, 0.25) is 0 Å². The summed E-state index contributed by atoms with van der Waals surface area (Å²) in [6.45, 7) is 0.212. The minimum atomic E-state index is -0.429. The monoisotopic (exact) mass is 356 g/mol. The molecular formula is C16H12N4O4S. The molecule has 8 nitrogen and oxygen atoms in total. The highest BCUT2D eigenvalue weighted by atomic mass is 32.1. The molecule has 0 radical (unpaired) electrons. The number of ether oxygens (including phenoxy) is 2. The molecule has 0 saturated carbocycles. The summed E-state index contributed by atoms with van der Waals surface area (Å²) in [6, 6.07) is 8.22. The maximum atomic E-state index is 12.2. The van der Waals surface area contributed by atoms with Crippen LogP contribution in [-0.4, -0.2) is 27.5 Å². The molecule has 1 amide bonds. The highest BCUT2D eigenvalue weighted by molar-refractivity contribution is 7.14. The topological polar surface area (TPSA) is 95.3 Å². The van der Waals surface area contributed by atoms with Crippen LogP contribution in [0.1, 0.15) is 10.5 Å². The zero-order chi connectivity index (χ0) is 17.4. The van der Waals surface area contributed by atoms with Gasteiger partial charge in [-0.2, -0.15) is 5.10 Å². The summed E-state index contributed by atoms with van der Waals surface area (Å²) in [5.74, 6) is 0.945. The van der Waals surface area contributed by atoms with E-state index in [2.05, 4.69) is 15.4 Å². The molecule has 0 atom stereocenters. The number of nitrogens with one attached hydrogen (secondary N) is 1. The number of aromatic nitrogens is 3. The number of thiazole rings is 1. The van der Waals surface area contributed by atoms with Gasteiger partial charge in [-0.3, -0.25) is 14.9 Å². The minimum Gasteiger partial charge on any atom is -0.454 e. The van der Waals surface area contributed by atoms with Crippen LogP contribution in [-0.2, 0) is 7.05 Å². The van der Waals surface area contributed by atoms with Crippen molar-refractivity contribution in [2.45, 2.75) is 0 Å². The van der Waals surface area contributed by atoms with Crippen molar-refractivity contribution in [2.24, 2.45) is 7.05 Å². The van der Waals surface area contributed by atoms with Crippen LogP contribution < -0.4 is 20.3 Å². The number of nitrogens with zero attached hydrogens (tertiary/aromatic N) is 3. The van der Waals surface area contributed by atoms with E-state index in [1.807, 2.05) is 23.6 Å². The first-order valence-electron chi connectivity index (χ1n) is 7.31. The Morgan fingerprint density at radius 3 is 2.92 bits per heavy atom. The maximum absolute atomic E-state index is 12.2. The van der Waals surface area contributed by atoms with Crippen LogP contribution in [0.15, 0.2) is 40.5 Å². The lowest BCUT2D eigenvalue weighted by molar-refractivity contribution is 0.102. The Kier molecular flexibility index (Phi) is 3.69. The van der Waals surface area contributed by atoms with Gasteiger partial charge in [0.2, 0.25) is 6.79 Å². The van der Waals surface area contributed by atoms with E-state index >= 15 is 0 Å². The predicted octanol–water partition coefficient (Wildman–Crippen LogP) is 1.88. The van der Waals surface area contributed by atoms with Crippen LogP contribution in [0.25, 0.3) is 11.3 Å². The molecule has 0 spiro atoms. The Bertz CT molecular complexity index is 1030. The van der Waals surface area contributed by atoms with Crippen LogP contribution >= 0.6 is 11.3 Å². The molecule has 1 aliphatic heterocycles. The lowest BCUT2D eigenvalue weighted by Crippen LogP contribution is -2.23. The van der Waals surface area contributed by atoms with Gasteiger partial charge in [-0.1, -0.05) is 0 Å². The SMILES string of the molecule is Cn1nc(C(=O)Nc2nc(-c3ccc4c(c3)OCO4)cs2)ccc1=O. The number of benzene rings is 1. The van der Waals surface area contributed by atoms with Crippen molar-refractivity contribution >= 4 is 22.4 Å². The largest absolute Gasteiger partial charge is 0.454 e. The summed E-state index contributed by atoms with van der Waals surface area (Å²) < 4.78 is 11.8. The minimum absolute atomic E-state index is 0.141. The van der Waals surface area contributed by atoms with Crippen molar-refractivity contribution in [2.75, 3.05) is 12.1 Å². The molecule has 0 aliphatic carbocycles. The molecule has 0 bridgehead atoms. The van der Waals surface area contributed by atoms with E-state index in [0.29, 0.717) is 22.3 Å². The van der Waals surface area contributed by atoms with Gasteiger partial charge in [0.15, 0.2) is 16.6 Å². The molecule has 1 N–H and O–H groups in total. The lowest BCUT2D eigenvalue weighted by atomic mass is 10.1. The number of fused-ring (bicyclic) bond motifs is 1. The van der Waals surface area contributed by atoms with E-state index in [4.69, 9.17) is 9.47 Å². The Morgan fingerprint density at radius 1 is 1.24 bits per heavy atom. The third kappa shape index (κ3) is 2.96. The standard InChI is InChI=1S/C16H12N4O4S/c1-20-14(21)5-3-10(19-20)15(22)18-16-17-11(7-25-16)9-2-4-12-13(6-9)24-8-23-12/h2-7H,8H2,1H3,(H,17,18,22). The van der Waals surface area contributed by atoms with Crippen molar-refractivity contribution in [3.63, 3.8) is 0 Å². The fourth-order valence-corrected chi connectivity index (χ4v) is 3.02. The highest BCUT2D eigenvalue weighted by Gasteiger charge is 2.16. The van der Waals surface area contributed by atoms with Crippen molar-refractivity contribution in [1.82, 2.24) is 14.8 Å². The summed E-state index contributed by atoms with van der Waals surface area (Å²) >= 11 is 1.30.